The van der Waals surface area contributed by atoms with E-state index in [1.165, 1.54) is 19.1 Å². The molecular formula is C11H17ClN2O4S2. The lowest BCUT2D eigenvalue weighted by Crippen LogP contribution is -2.29. The van der Waals surface area contributed by atoms with Crippen LogP contribution in [0.4, 0.5) is 5.69 Å². The number of halogens is 1. The molecule has 0 aliphatic heterocycles. The molecule has 0 bridgehead atoms. The van der Waals surface area contributed by atoms with Crippen molar-refractivity contribution in [2.24, 2.45) is 0 Å². The molecule has 9 heteroatoms. The van der Waals surface area contributed by atoms with E-state index in [2.05, 4.69) is 4.72 Å². The summed E-state index contributed by atoms with van der Waals surface area (Å²) in [4.78, 5) is -0.0363. The normalized spacial score (nSPS) is 12.6. The van der Waals surface area contributed by atoms with Crippen LogP contribution in [0.25, 0.3) is 0 Å². The molecule has 0 amide bonds. The molecule has 1 aromatic rings. The second kappa shape index (κ2) is 6.30. The summed E-state index contributed by atoms with van der Waals surface area (Å²) in [5.41, 5.74) is 6.31. The lowest BCUT2D eigenvalue weighted by Gasteiger charge is -2.10. The Morgan fingerprint density at radius 1 is 1.25 bits per heavy atom. The Kier molecular flexibility index (Phi) is 5.42. The summed E-state index contributed by atoms with van der Waals surface area (Å²) in [5.74, 6) is -0.271. The van der Waals surface area contributed by atoms with Crippen LogP contribution in [0.15, 0.2) is 17.0 Å². The van der Waals surface area contributed by atoms with Gasteiger partial charge in [-0.1, -0.05) is 18.5 Å². The van der Waals surface area contributed by atoms with Crippen LogP contribution < -0.4 is 10.5 Å². The number of rotatable bonds is 6. The first-order valence-corrected chi connectivity index (χ1v) is 9.53. The summed E-state index contributed by atoms with van der Waals surface area (Å²) in [6.45, 7) is 2.96. The average molecular weight is 341 g/mol. The molecule has 0 aromatic heterocycles. The lowest BCUT2D eigenvalue weighted by atomic mass is 10.2. The largest absolute Gasteiger partial charge is 0.397 e. The van der Waals surface area contributed by atoms with Gasteiger partial charge in [0.25, 0.3) is 0 Å². The number of nitrogens with one attached hydrogen (secondary N) is 1. The van der Waals surface area contributed by atoms with Crippen LogP contribution in [-0.4, -0.2) is 34.9 Å². The minimum absolute atomic E-state index is 0.0261. The van der Waals surface area contributed by atoms with E-state index in [-0.39, 0.29) is 28.6 Å². The fourth-order valence-electron chi connectivity index (χ4n) is 1.48. The second-order valence-electron chi connectivity index (χ2n) is 4.28. The number of anilines is 1. The van der Waals surface area contributed by atoms with Crippen LogP contribution in [0.1, 0.15) is 12.5 Å². The fraction of sp³-hybridized carbons (Fsp3) is 0.455. The van der Waals surface area contributed by atoms with Crippen molar-refractivity contribution in [3.8, 4) is 0 Å². The molecule has 0 aliphatic rings. The first-order chi connectivity index (χ1) is 9.09. The Balaban J connectivity index is 2.90. The van der Waals surface area contributed by atoms with Gasteiger partial charge in [-0.15, -0.1) is 0 Å². The zero-order valence-corrected chi connectivity index (χ0v) is 13.6. The summed E-state index contributed by atoms with van der Waals surface area (Å²) in [7, 11) is -7.03. The van der Waals surface area contributed by atoms with Gasteiger partial charge < -0.3 is 5.73 Å². The molecule has 0 heterocycles. The number of nitrogen functional groups attached to an aromatic ring is 1. The molecule has 3 N–H and O–H groups in total. The number of hydrogen-bond acceptors (Lipinski definition) is 5. The summed E-state index contributed by atoms with van der Waals surface area (Å²) in [6.07, 6.45) is 0. The lowest BCUT2D eigenvalue weighted by molar-refractivity contribution is 0.581. The van der Waals surface area contributed by atoms with Crippen molar-refractivity contribution >= 4 is 37.1 Å². The molecule has 0 radical (unpaired) electrons. The Morgan fingerprint density at radius 2 is 1.85 bits per heavy atom. The molecule has 20 heavy (non-hydrogen) atoms. The van der Waals surface area contributed by atoms with Gasteiger partial charge in [0.15, 0.2) is 9.84 Å². The van der Waals surface area contributed by atoms with Crippen LogP contribution in [-0.2, 0) is 19.9 Å². The third-order valence-electron chi connectivity index (χ3n) is 2.71. The highest BCUT2D eigenvalue weighted by atomic mass is 35.5. The highest BCUT2D eigenvalue weighted by Crippen LogP contribution is 2.26. The molecule has 6 nitrogen and oxygen atoms in total. The van der Waals surface area contributed by atoms with Gasteiger partial charge in [0.05, 0.1) is 21.4 Å². The molecule has 1 aromatic carbocycles. The van der Waals surface area contributed by atoms with Crippen LogP contribution in [0.3, 0.4) is 0 Å². The van der Waals surface area contributed by atoms with E-state index in [0.717, 1.165) is 0 Å². The highest BCUT2D eigenvalue weighted by Gasteiger charge is 2.17. The second-order valence-corrected chi connectivity index (χ2v) is 8.90. The number of benzene rings is 1. The number of hydrogen-bond donors (Lipinski definition) is 2. The molecule has 0 saturated heterocycles. The number of sulfone groups is 1. The van der Waals surface area contributed by atoms with Gasteiger partial charge in [-0.05, 0) is 24.6 Å². The third-order valence-corrected chi connectivity index (χ3v) is 6.37. The minimum atomic E-state index is -3.81. The van der Waals surface area contributed by atoms with Crippen molar-refractivity contribution in [1.82, 2.24) is 4.72 Å². The Morgan fingerprint density at radius 3 is 2.35 bits per heavy atom. The molecule has 0 spiro atoms. The first kappa shape index (κ1) is 17.2. The van der Waals surface area contributed by atoms with E-state index in [0.29, 0.717) is 10.6 Å². The zero-order chi connectivity index (χ0) is 15.6. The van der Waals surface area contributed by atoms with Gasteiger partial charge in [-0.25, -0.2) is 21.6 Å². The SMILES string of the molecule is CCS(=O)(=O)CCNS(=O)(=O)c1cc(C)c(Cl)c(N)c1. The van der Waals surface area contributed by atoms with Crippen molar-refractivity contribution in [1.29, 1.82) is 0 Å². The fourth-order valence-corrected chi connectivity index (χ4v) is 3.57. The Hall–Kier alpha value is -0.830. The van der Waals surface area contributed by atoms with E-state index in [9.17, 15) is 16.8 Å². The standard InChI is InChI=1S/C11H17ClN2O4S2/c1-3-19(15,16)5-4-14-20(17,18)9-6-8(2)11(12)10(13)7-9/h6-7,14H,3-5,13H2,1-2H3. The van der Waals surface area contributed by atoms with Crippen molar-refractivity contribution in [3.63, 3.8) is 0 Å². The summed E-state index contributed by atoms with van der Waals surface area (Å²) in [6, 6.07) is 2.63. The maximum Gasteiger partial charge on any atom is 0.240 e. The maximum absolute atomic E-state index is 12.0. The first-order valence-electron chi connectivity index (χ1n) is 5.85. The third kappa shape index (κ3) is 4.34. The molecule has 0 saturated carbocycles. The van der Waals surface area contributed by atoms with E-state index < -0.39 is 19.9 Å². The van der Waals surface area contributed by atoms with Crippen molar-refractivity contribution in [2.75, 3.05) is 23.8 Å². The van der Waals surface area contributed by atoms with E-state index in [1.807, 2.05) is 0 Å². The van der Waals surface area contributed by atoms with E-state index in [1.54, 1.807) is 6.92 Å². The molecule has 0 unspecified atom stereocenters. The molecule has 114 valence electrons. The molecule has 0 fully saturated rings. The molecule has 1 rings (SSSR count). The van der Waals surface area contributed by atoms with Crippen molar-refractivity contribution < 1.29 is 16.8 Å². The Bertz CT molecular complexity index is 676. The number of nitrogens with two attached hydrogens (primary N) is 1. The van der Waals surface area contributed by atoms with Crippen LogP contribution in [0, 0.1) is 6.92 Å². The monoisotopic (exact) mass is 340 g/mol. The van der Waals surface area contributed by atoms with Crippen LogP contribution in [0.5, 0.6) is 0 Å². The van der Waals surface area contributed by atoms with Crippen molar-refractivity contribution in [3.05, 3.63) is 22.7 Å². The predicted octanol–water partition coefficient (Wildman–Crippen LogP) is 0.944. The summed E-state index contributed by atoms with van der Waals surface area (Å²) in [5, 5.41) is 0.303. The summed E-state index contributed by atoms with van der Waals surface area (Å²) >= 11 is 5.86. The zero-order valence-electron chi connectivity index (χ0n) is 11.2. The van der Waals surface area contributed by atoms with Gasteiger partial charge in [-0.3, -0.25) is 0 Å². The Labute approximate surface area is 124 Å². The van der Waals surface area contributed by atoms with Crippen LogP contribution >= 0.6 is 11.6 Å². The van der Waals surface area contributed by atoms with Gasteiger partial charge in [0, 0.05) is 12.3 Å². The van der Waals surface area contributed by atoms with Gasteiger partial charge in [0.1, 0.15) is 0 Å². The maximum atomic E-state index is 12.0. The van der Waals surface area contributed by atoms with Crippen LogP contribution in [0.2, 0.25) is 5.02 Å². The van der Waals surface area contributed by atoms with Gasteiger partial charge in [-0.2, -0.15) is 0 Å². The van der Waals surface area contributed by atoms with Gasteiger partial charge in [0.2, 0.25) is 10.0 Å². The topological polar surface area (TPSA) is 106 Å². The average Bonchev–Trinajstić information content (AvgIpc) is 2.34. The predicted molar refractivity (Wildman–Crippen MR) is 80.1 cm³/mol. The molecule has 0 atom stereocenters. The van der Waals surface area contributed by atoms with E-state index in [4.69, 9.17) is 17.3 Å². The van der Waals surface area contributed by atoms with E-state index >= 15 is 0 Å². The van der Waals surface area contributed by atoms with Gasteiger partial charge >= 0.3 is 0 Å². The smallest absolute Gasteiger partial charge is 0.240 e. The number of aryl methyl sites for hydroxylation is 1. The highest BCUT2D eigenvalue weighted by molar-refractivity contribution is 7.91. The minimum Gasteiger partial charge on any atom is -0.397 e. The quantitative estimate of drug-likeness (QED) is 0.750. The van der Waals surface area contributed by atoms with Crippen molar-refractivity contribution in [2.45, 2.75) is 18.7 Å². The summed E-state index contributed by atoms with van der Waals surface area (Å²) < 4.78 is 48.9. The molecular weight excluding hydrogens is 324 g/mol. The molecule has 0 aliphatic carbocycles. The number of sulfonamides is 1.